The Balaban J connectivity index is 1.59. The molecule has 1 aliphatic heterocycles. The normalized spacial score (nSPS) is 16.5. The summed E-state index contributed by atoms with van der Waals surface area (Å²) < 4.78 is 5.17. The van der Waals surface area contributed by atoms with E-state index in [0.29, 0.717) is 42.5 Å². The summed E-state index contributed by atoms with van der Waals surface area (Å²) in [6.07, 6.45) is 0.722. The molecule has 0 aliphatic carbocycles. The minimum Gasteiger partial charge on any atom is -0.463 e. The largest absolute Gasteiger partial charge is 0.463 e. The summed E-state index contributed by atoms with van der Waals surface area (Å²) in [4.78, 5) is 19.4. The van der Waals surface area contributed by atoms with Gasteiger partial charge in [0.2, 0.25) is 0 Å². The molecule has 32 heavy (non-hydrogen) atoms. The van der Waals surface area contributed by atoms with E-state index < -0.39 is 6.10 Å². The highest BCUT2D eigenvalue weighted by atomic mass is 35.5. The van der Waals surface area contributed by atoms with Crippen molar-refractivity contribution in [3.8, 4) is 0 Å². The molecule has 0 saturated heterocycles. The zero-order valence-corrected chi connectivity index (χ0v) is 19.6. The Morgan fingerprint density at radius 2 is 2.03 bits per heavy atom. The number of carbonyl (C=O) groups excluding carboxylic acids is 1. The van der Waals surface area contributed by atoms with Crippen molar-refractivity contribution < 1.29 is 19.5 Å². The standard InChI is InChI=1S/C24H28Cl2N2O4/c1-2-6-24(30)31-16-19(29)14-28(13-17-7-4-3-5-8-17)15-20-12-23(27-32-20)18-9-10-21(25)22(26)11-18/h3-5,7-11,19-20,29H,2,6,12-16H2,1H3/t19-,20-/m1/s1. The first-order valence-electron chi connectivity index (χ1n) is 10.7. The topological polar surface area (TPSA) is 71.4 Å². The lowest BCUT2D eigenvalue weighted by molar-refractivity contribution is -0.147. The number of carbonyl (C=O) groups is 1. The van der Waals surface area contributed by atoms with Crippen LogP contribution in [0.2, 0.25) is 10.0 Å². The van der Waals surface area contributed by atoms with Gasteiger partial charge in [0.15, 0.2) is 0 Å². The molecule has 0 radical (unpaired) electrons. The van der Waals surface area contributed by atoms with Crippen LogP contribution in [0.3, 0.4) is 0 Å². The van der Waals surface area contributed by atoms with E-state index in [9.17, 15) is 9.90 Å². The molecule has 2 atom stereocenters. The lowest BCUT2D eigenvalue weighted by Crippen LogP contribution is -2.39. The van der Waals surface area contributed by atoms with Crippen LogP contribution >= 0.6 is 23.2 Å². The highest BCUT2D eigenvalue weighted by molar-refractivity contribution is 6.42. The maximum Gasteiger partial charge on any atom is 0.305 e. The van der Waals surface area contributed by atoms with Gasteiger partial charge in [-0.3, -0.25) is 9.69 Å². The SMILES string of the molecule is CCCC(=O)OC[C@H](O)CN(Cc1ccccc1)C[C@H]1CC(c2ccc(Cl)c(Cl)c2)=NO1. The van der Waals surface area contributed by atoms with Crippen molar-refractivity contribution in [1.29, 1.82) is 0 Å². The zero-order chi connectivity index (χ0) is 22.9. The molecule has 0 unspecified atom stereocenters. The van der Waals surface area contributed by atoms with Crippen LogP contribution in [0.1, 0.15) is 37.3 Å². The van der Waals surface area contributed by atoms with E-state index in [1.54, 1.807) is 12.1 Å². The molecule has 1 N–H and O–H groups in total. The summed E-state index contributed by atoms with van der Waals surface area (Å²) in [5, 5.41) is 15.7. The maximum absolute atomic E-state index is 11.6. The Hall–Kier alpha value is -2.12. The molecule has 172 valence electrons. The highest BCUT2D eigenvalue weighted by Crippen LogP contribution is 2.26. The Bertz CT molecular complexity index is 923. The van der Waals surface area contributed by atoms with Crippen LogP contribution in [0.25, 0.3) is 0 Å². The second-order valence-electron chi connectivity index (χ2n) is 7.86. The third-order valence-corrected chi connectivity index (χ3v) is 5.80. The minimum atomic E-state index is -0.795. The Morgan fingerprint density at radius 3 is 2.75 bits per heavy atom. The second-order valence-corrected chi connectivity index (χ2v) is 8.68. The Morgan fingerprint density at radius 1 is 1.25 bits per heavy atom. The number of hydrogen-bond acceptors (Lipinski definition) is 6. The van der Waals surface area contributed by atoms with Crippen molar-refractivity contribution in [2.24, 2.45) is 5.16 Å². The summed E-state index contributed by atoms with van der Waals surface area (Å²) in [5.41, 5.74) is 2.80. The first-order chi connectivity index (χ1) is 15.4. The lowest BCUT2D eigenvalue weighted by Gasteiger charge is -2.27. The number of rotatable bonds is 11. The molecule has 0 spiro atoms. The van der Waals surface area contributed by atoms with Gasteiger partial charge in [0.1, 0.15) is 18.8 Å². The molecule has 2 aromatic carbocycles. The fraction of sp³-hybridized carbons (Fsp3) is 0.417. The maximum atomic E-state index is 11.6. The summed E-state index contributed by atoms with van der Waals surface area (Å²) in [6.45, 7) is 3.41. The van der Waals surface area contributed by atoms with Gasteiger partial charge in [0.05, 0.1) is 15.8 Å². The number of halogens is 2. The fourth-order valence-electron chi connectivity index (χ4n) is 3.52. The summed E-state index contributed by atoms with van der Waals surface area (Å²) in [6, 6.07) is 15.4. The second kappa shape index (κ2) is 12.2. The van der Waals surface area contributed by atoms with Gasteiger partial charge in [-0.1, -0.05) is 71.7 Å². The van der Waals surface area contributed by atoms with Gasteiger partial charge in [-0.2, -0.15) is 0 Å². The van der Waals surface area contributed by atoms with Gasteiger partial charge < -0.3 is 14.7 Å². The molecule has 3 rings (SSSR count). The fourth-order valence-corrected chi connectivity index (χ4v) is 3.82. The molecule has 1 heterocycles. The number of esters is 1. The molecule has 6 nitrogen and oxygen atoms in total. The van der Waals surface area contributed by atoms with Gasteiger partial charge in [-0.15, -0.1) is 0 Å². The summed E-state index contributed by atoms with van der Waals surface area (Å²) >= 11 is 12.1. The number of ether oxygens (including phenoxy) is 1. The van der Waals surface area contributed by atoms with Crippen LogP contribution in [-0.2, 0) is 20.9 Å². The monoisotopic (exact) mass is 478 g/mol. The van der Waals surface area contributed by atoms with Crippen molar-refractivity contribution in [2.75, 3.05) is 19.7 Å². The van der Waals surface area contributed by atoms with Crippen molar-refractivity contribution in [2.45, 2.75) is 44.9 Å². The van der Waals surface area contributed by atoms with Gasteiger partial charge in [-0.25, -0.2) is 0 Å². The van der Waals surface area contributed by atoms with E-state index in [1.807, 2.05) is 43.3 Å². The van der Waals surface area contributed by atoms with E-state index in [2.05, 4.69) is 10.1 Å². The third-order valence-electron chi connectivity index (χ3n) is 5.06. The summed E-state index contributed by atoms with van der Waals surface area (Å²) in [7, 11) is 0. The minimum absolute atomic E-state index is 0.0271. The molecule has 8 heteroatoms. The molecule has 2 aromatic rings. The van der Waals surface area contributed by atoms with Crippen LogP contribution in [-0.4, -0.2) is 53.6 Å². The molecular weight excluding hydrogens is 451 g/mol. The van der Waals surface area contributed by atoms with Gasteiger partial charge in [0.25, 0.3) is 0 Å². The van der Waals surface area contributed by atoms with Gasteiger partial charge in [0, 0.05) is 38.0 Å². The van der Waals surface area contributed by atoms with E-state index in [-0.39, 0.29) is 18.7 Å². The lowest BCUT2D eigenvalue weighted by atomic mass is 10.0. The van der Waals surface area contributed by atoms with Crippen LogP contribution in [0.15, 0.2) is 53.7 Å². The summed E-state index contributed by atoms with van der Waals surface area (Å²) in [5.74, 6) is -0.292. The first-order valence-corrected chi connectivity index (χ1v) is 11.5. The predicted octanol–water partition coefficient (Wildman–Crippen LogP) is 4.69. The zero-order valence-electron chi connectivity index (χ0n) is 18.0. The Labute approximate surface area is 198 Å². The van der Waals surface area contributed by atoms with Crippen molar-refractivity contribution in [3.05, 3.63) is 69.7 Å². The molecular formula is C24H28Cl2N2O4. The van der Waals surface area contributed by atoms with Crippen molar-refractivity contribution in [3.63, 3.8) is 0 Å². The van der Waals surface area contributed by atoms with Crippen LogP contribution in [0, 0.1) is 0 Å². The van der Waals surface area contributed by atoms with E-state index in [0.717, 1.165) is 23.3 Å². The predicted molar refractivity (Wildman–Crippen MR) is 126 cm³/mol. The number of hydrogen-bond donors (Lipinski definition) is 1. The molecule has 1 aliphatic rings. The van der Waals surface area contributed by atoms with Crippen LogP contribution in [0.5, 0.6) is 0 Å². The highest BCUT2D eigenvalue weighted by Gasteiger charge is 2.26. The Kier molecular flexibility index (Phi) is 9.36. The van der Waals surface area contributed by atoms with E-state index >= 15 is 0 Å². The van der Waals surface area contributed by atoms with Crippen LogP contribution in [0.4, 0.5) is 0 Å². The first kappa shape index (κ1) is 24.5. The van der Waals surface area contributed by atoms with Crippen molar-refractivity contribution in [1.82, 2.24) is 4.90 Å². The number of benzene rings is 2. The molecule has 0 bridgehead atoms. The number of aliphatic hydroxyl groups excluding tert-OH is 1. The molecule has 0 aromatic heterocycles. The average molecular weight is 479 g/mol. The number of aliphatic hydroxyl groups is 1. The van der Waals surface area contributed by atoms with E-state index in [1.165, 1.54) is 0 Å². The van der Waals surface area contributed by atoms with Crippen LogP contribution < -0.4 is 0 Å². The molecule has 0 saturated carbocycles. The number of nitrogens with zero attached hydrogens (tertiary/aromatic N) is 2. The number of oxime groups is 1. The van der Waals surface area contributed by atoms with Gasteiger partial charge in [-0.05, 0) is 24.1 Å². The average Bonchev–Trinajstić information content (AvgIpc) is 3.23. The van der Waals surface area contributed by atoms with Gasteiger partial charge >= 0.3 is 5.97 Å². The molecule has 0 fully saturated rings. The van der Waals surface area contributed by atoms with Crippen molar-refractivity contribution >= 4 is 34.9 Å². The quantitative estimate of drug-likeness (QED) is 0.474. The smallest absolute Gasteiger partial charge is 0.305 e. The van der Waals surface area contributed by atoms with E-state index in [4.69, 9.17) is 32.8 Å². The molecule has 0 amide bonds. The third kappa shape index (κ3) is 7.48.